The molecule has 3 aliphatic heterocycles. The van der Waals surface area contributed by atoms with Crippen molar-refractivity contribution in [2.24, 2.45) is 4.99 Å². The number of aliphatic imine (C=N–C) groups is 1. The van der Waals surface area contributed by atoms with Gasteiger partial charge in [0, 0.05) is 31.4 Å². The van der Waals surface area contributed by atoms with Crippen LogP contribution in [-0.4, -0.2) is 55.3 Å². The average molecular weight is 453 g/mol. The van der Waals surface area contributed by atoms with Gasteiger partial charge in [-0.05, 0) is 69.0 Å². The van der Waals surface area contributed by atoms with Crippen molar-refractivity contribution in [2.75, 3.05) is 6.54 Å². The molecule has 174 valence electrons. The number of piperidine rings is 1. The number of hydrogen-bond acceptors (Lipinski definition) is 5. The summed E-state index contributed by atoms with van der Waals surface area (Å²) < 4.78 is 0. The highest BCUT2D eigenvalue weighted by atomic mass is 15.3. The van der Waals surface area contributed by atoms with Gasteiger partial charge in [-0.1, -0.05) is 24.3 Å². The van der Waals surface area contributed by atoms with Gasteiger partial charge in [0.15, 0.2) is 0 Å². The fourth-order valence-corrected chi connectivity index (χ4v) is 6.00. The highest BCUT2D eigenvalue weighted by molar-refractivity contribution is 5.96. The molecule has 6 nitrogen and oxygen atoms in total. The maximum atomic E-state index is 5.22. The lowest BCUT2D eigenvalue weighted by molar-refractivity contribution is 0.0573. The van der Waals surface area contributed by atoms with Crippen molar-refractivity contribution in [3.05, 3.63) is 84.1 Å². The number of nitrogens with zero attached hydrogens (tertiary/aromatic N) is 5. The summed E-state index contributed by atoms with van der Waals surface area (Å²) in [6, 6.07) is 13.8. The number of hydrogen-bond donors (Lipinski definition) is 1. The second-order valence-corrected chi connectivity index (χ2v) is 9.73. The van der Waals surface area contributed by atoms with E-state index in [1.165, 1.54) is 17.7 Å². The number of aryl methyl sites for hydroxylation is 1. The van der Waals surface area contributed by atoms with Crippen LogP contribution in [0, 0.1) is 6.92 Å². The molecular weight excluding hydrogens is 420 g/mol. The summed E-state index contributed by atoms with van der Waals surface area (Å²) >= 11 is 0. The topological polar surface area (TPSA) is 60.4 Å². The summed E-state index contributed by atoms with van der Waals surface area (Å²) in [5.74, 6) is 2.14. The molecule has 6 rings (SSSR count). The second kappa shape index (κ2) is 8.84. The second-order valence-electron chi connectivity index (χ2n) is 9.73. The average Bonchev–Trinajstić information content (AvgIpc) is 3.44. The Morgan fingerprint density at radius 2 is 2.00 bits per heavy atom. The first-order valence-corrected chi connectivity index (χ1v) is 12.5. The number of para-hydroxylation sites is 2. The maximum Gasteiger partial charge on any atom is 0.128 e. The first-order chi connectivity index (χ1) is 16.7. The molecule has 0 aliphatic carbocycles. The van der Waals surface area contributed by atoms with Gasteiger partial charge in [-0.2, -0.15) is 0 Å². The summed E-state index contributed by atoms with van der Waals surface area (Å²) in [6.07, 6.45) is 14.8. The standard InChI is InChI=1S/C28H32N6/c1-19-9-8-16-29-27(19)23-12-7-13-24(28-20(2)33-17-6-5-14-26(33)32-28)34(23)18-15-25-30-21-10-3-4-11-22(21)31-25/h3-6,8-11,14,16-17,20,23-24,28H,7,12-13,15,18H2,1-2H3,(H,30,31)/t20?,23-,24+,28?/m0/s1. The molecule has 3 aromatic rings. The largest absolute Gasteiger partial charge is 0.342 e. The van der Waals surface area contributed by atoms with Crippen LogP contribution >= 0.6 is 0 Å². The van der Waals surface area contributed by atoms with Crippen molar-refractivity contribution < 1.29 is 0 Å². The van der Waals surface area contributed by atoms with Gasteiger partial charge < -0.3 is 9.88 Å². The molecule has 0 bridgehead atoms. The van der Waals surface area contributed by atoms with E-state index >= 15 is 0 Å². The number of imidazole rings is 1. The Morgan fingerprint density at radius 1 is 1.09 bits per heavy atom. The van der Waals surface area contributed by atoms with E-state index in [1.807, 2.05) is 18.3 Å². The van der Waals surface area contributed by atoms with E-state index < -0.39 is 0 Å². The molecule has 1 aromatic carbocycles. The molecule has 0 spiro atoms. The number of nitrogens with one attached hydrogen (secondary N) is 1. The van der Waals surface area contributed by atoms with Crippen LogP contribution in [0.1, 0.15) is 49.3 Å². The number of amidine groups is 1. The zero-order valence-electron chi connectivity index (χ0n) is 19.9. The summed E-state index contributed by atoms with van der Waals surface area (Å²) in [5, 5.41) is 0. The lowest BCUT2D eigenvalue weighted by Gasteiger charge is -2.45. The maximum absolute atomic E-state index is 5.22. The Kier molecular flexibility index (Phi) is 5.53. The molecular formula is C28H32N6. The van der Waals surface area contributed by atoms with Crippen LogP contribution < -0.4 is 0 Å². The summed E-state index contributed by atoms with van der Waals surface area (Å²) in [6.45, 7) is 5.44. The lowest BCUT2D eigenvalue weighted by Crippen LogP contribution is -2.52. The van der Waals surface area contributed by atoms with Crippen molar-refractivity contribution in [2.45, 2.75) is 63.7 Å². The molecule has 4 atom stereocenters. The zero-order chi connectivity index (χ0) is 23.1. The minimum atomic E-state index is 0.241. The fourth-order valence-electron chi connectivity index (χ4n) is 6.00. The van der Waals surface area contributed by atoms with E-state index in [0.717, 1.165) is 48.5 Å². The molecule has 0 radical (unpaired) electrons. The van der Waals surface area contributed by atoms with E-state index in [2.05, 4.69) is 77.3 Å². The fraction of sp³-hybridized carbons (Fsp3) is 0.393. The molecule has 34 heavy (non-hydrogen) atoms. The number of aromatic nitrogens is 3. The van der Waals surface area contributed by atoms with E-state index in [4.69, 9.17) is 15.0 Å². The van der Waals surface area contributed by atoms with Crippen LogP contribution in [0.25, 0.3) is 11.0 Å². The molecule has 3 aliphatic rings. The van der Waals surface area contributed by atoms with Gasteiger partial charge in [0.05, 0.1) is 34.9 Å². The van der Waals surface area contributed by atoms with Crippen LogP contribution in [0.3, 0.4) is 0 Å². The lowest BCUT2D eigenvalue weighted by atomic mass is 9.86. The number of rotatable bonds is 5. The van der Waals surface area contributed by atoms with Gasteiger partial charge >= 0.3 is 0 Å². The number of aromatic amines is 1. The van der Waals surface area contributed by atoms with Crippen molar-refractivity contribution in [1.82, 2.24) is 24.8 Å². The van der Waals surface area contributed by atoms with Crippen molar-refractivity contribution >= 4 is 16.9 Å². The van der Waals surface area contributed by atoms with Crippen molar-refractivity contribution in [3.63, 3.8) is 0 Å². The summed E-state index contributed by atoms with van der Waals surface area (Å²) in [5.41, 5.74) is 4.63. The number of likely N-dealkylation sites (tertiary alicyclic amines) is 1. The molecule has 5 heterocycles. The summed E-state index contributed by atoms with van der Waals surface area (Å²) in [4.78, 5) is 23.5. The van der Waals surface area contributed by atoms with Crippen LogP contribution in [0.5, 0.6) is 0 Å². The third kappa shape index (κ3) is 3.76. The predicted molar refractivity (Wildman–Crippen MR) is 137 cm³/mol. The Labute approximate surface area is 201 Å². The predicted octanol–water partition coefficient (Wildman–Crippen LogP) is 4.96. The van der Waals surface area contributed by atoms with Gasteiger partial charge in [-0.3, -0.25) is 14.9 Å². The molecule has 0 amide bonds. The zero-order valence-corrected chi connectivity index (χ0v) is 19.9. The van der Waals surface area contributed by atoms with Gasteiger partial charge in [-0.15, -0.1) is 0 Å². The van der Waals surface area contributed by atoms with Crippen LogP contribution in [-0.2, 0) is 6.42 Å². The number of pyridine rings is 1. The monoisotopic (exact) mass is 452 g/mol. The van der Waals surface area contributed by atoms with Gasteiger partial charge in [0.1, 0.15) is 11.7 Å². The van der Waals surface area contributed by atoms with E-state index in [0.29, 0.717) is 18.1 Å². The highest BCUT2D eigenvalue weighted by Gasteiger charge is 2.43. The van der Waals surface area contributed by atoms with E-state index in [1.54, 1.807) is 0 Å². The Morgan fingerprint density at radius 3 is 2.85 bits per heavy atom. The minimum absolute atomic E-state index is 0.241. The number of allylic oxidation sites excluding steroid dienone is 2. The quantitative estimate of drug-likeness (QED) is 0.594. The van der Waals surface area contributed by atoms with E-state index in [9.17, 15) is 0 Å². The third-order valence-corrected chi connectivity index (χ3v) is 7.69. The number of H-pyrrole nitrogens is 1. The normalized spacial score (nSPS) is 26.8. The molecule has 2 aromatic heterocycles. The Hall–Kier alpha value is -3.25. The van der Waals surface area contributed by atoms with Crippen LogP contribution in [0.4, 0.5) is 0 Å². The molecule has 0 saturated carbocycles. The van der Waals surface area contributed by atoms with Crippen LogP contribution in [0.15, 0.2) is 72.0 Å². The summed E-state index contributed by atoms with van der Waals surface area (Å²) in [7, 11) is 0. The van der Waals surface area contributed by atoms with Crippen molar-refractivity contribution in [3.8, 4) is 0 Å². The Bertz CT molecular complexity index is 1240. The minimum Gasteiger partial charge on any atom is -0.342 e. The first-order valence-electron chi connectivity index (χ1n) is 12.5. The van der Waals surface area contributed by atoms with Crippen LogP contribution in [0.2, 0.25) is 0 Å². The number of benzene rings is 1. The smallest absolute Gasteiger partial charge is 0.128 e. The molecule has 1 N–H and O–H groups in total. The highest BCUT2D eigenvalue weighted by Crippen LogP contribution is 2.39. The SMILES string of the molecule is Cc1cccnc1[C@@H]1CCC[C@H](C2N=C3C=CC=CN3C2C)N1CCc1nc2ccccc2[nH]1. The van der Waals surface area contributed by atoms with Gasteiger partial charge in [0.2, 0.25) is 0 Å². The molecule has 6 heteroatoms. The molecule has 1 saturated heterocycles. The Balaban J connectivity index is 1.32. The first kappa shape index (κ1) is 21.3. The third-order valence-electron chi connectivity index (χ3n) is 7.69. The van der Waals surface area contributed by atoms with E-state index in [-0.39, 0.29) is 6.04 Å². The van der Waals surface area contributed by atoms with Gasteiger partial charge in [0.25, 0.3) is 0 Å². The molecule has 1 fully saturated rings. The molecule has 2 unspecified atom stereocenters. The van der Waals surface area contributed by atoms with Crippen molar-refractivity contribution in [1.29, 1.82) is 0 Å². The van der Waals surface area contributed by atoms with Gasteiger partial charge in [-0.25, -0.2) is 4.98 Å². The number of fused-ring (bicyclic) bond motifs is 2.